The Morgan fingerprint density at radius 1 is 0.692 bits per heavy atom. The van der Waals surface area contributed by atoms with Gasteiger partial charge in [-0.1, -0.05) is 0 Å². The minimum absolute atomic E-state index is 0.0266. The number of hydrogen-bond donors (Lipinski definition) is 11. The van der Waals surface area contributed by atoms with Gasteiger partial charge in [-0.05, 0) is 6.92 Å². The molecule has 3 saturated heterocycles. The average molecular weight is 757 g/mol. The molecule has 0 radical (unpaired) electrons. The van der Waals surface area contributed by atoms with E-state index in [1.165, 1.54) is 0 Å². The third-order valence-corrected chi connectivity index (χ3v) is 8.69. The van der Waals surface area contributed by atoms with Gasteiger partial charge in [-0.25, -0.2) is 0 Å². The second kappa shape index (κ2) is 19.2. The molecule has 0 unspecified atom stereocenters. The Labute approximate surface area is 296 Å². The number of anilines is 1. The normalized spacial score (nSPS) is 38.2. The smallest absolute Gasteiger partial charge is 0.272 e. The van der Waals surface area contributed by atoms with E-state index in [2.05, 4.69) is 10.6 Å². The number of hydrogen-bond acceptors (Lipinski definition) is 21. The molecular formula is C30H48N2O20. The number of aliphatic hydroxyl groups excluding tert-OH is 9. The number of nitrogens with one attached hydrogen (secondary N) is 2. The maximum absolute atomic E-state index is 12.1. The lowest BCUT2D eigenvalue weighted by atomic mass is 9.95. The molecule has 15 atom stereocenters. The number of amides is 1. The molecule has 22 heteroatoms. The summed E-state index contributed by atoms with van der Waals surface area (Å²) in [4.78, 5) is 35.4. The van der Waals surface area contributed by atoms with Crippen LogP contribution >= 0.6 is 0 Å². The van der Waals surface area contributed by atoms with Crippen molar-refractivity contribution in [2.75, 3.05) is 58.1 Å². The van der Waals surface area contributed by atoms with Gasteiger partial charge in [0.15, 0.2) is 24.6 Å². The topological polar surface area (TPSA) is 331 Å². The van der Waals surface area contributed by atoms with Gasteiger partial charge >= 0.3 is 0 Å². The fourth-order valence-electron chi connectivity index (χ4n) is 5.97. The lowest BCUT2D eigenvalue weighted by Crippen LogP contribution is -2.68. The summed E-state index contributed by atoms with van der Waals surface area (Å²) < 4.78 is 44.3. The first kappa shape index (κ1) is 42.3. The molecule has 4 rings (SSSR count). The van der Waals surface area contributed by atoms with Crippen molar-refractivity contribution in [3.8, 4) is 5.75 Å². The standard InChI is InChI=1S/C30H48N2O20/c1-3-46-26-15(19(39)22(26)42)31-4-5-45-6-7-47-28-16(32-11(2)36)20(40)25(14(10-35)50-28)51-30-24(44)27(18(38)13(9-34)49-30)52-29-23(43)21(41)17(37)12(8-33)48-29/h12-14,16-18,20-21,23-25,27-31,33-35,37-38,40-41,43-44H,3-10H2,1-2H3,(H,32,36)/t12-,13-,14-,16-,17+,18+,20-,21+,23-,24-,25-,27+,28-,29-,30+/m1/s1. The highest BCUT2D eigenvalue weighted by molar-refractivity contribution is 5.73. The van der Waals surface area contributed by atoms with E-state index < -0.39 is 129 Å². The fourth-order valence-corrected chi connectivity index (χ4v) is 5.97. The van der Waals surface area contributed by atoms with Gasteiger partial charge in [0.1, 0.15) is 78.9 Å². The van der Waals surface area contributed by atoms with Crippen LogP contribution in [0.3, 0.4) is 0 Å². The van der Waals surface area contributed by atoms with Gasteiger partial charge < -0.3 is 94.5 Å². The molecule has 0 aliphatic carbocycles. The summed E-state index contributed by atoms with van der Waals surface area (Å²) in [6.45, 7) is 0.695. The highest BCUT2D eigenvalue weighted by atomic mass is 16.8. The number of carbonyl (C=O) groups excluding carboxylic acids is 1. The minimum Gasteiger partial charge on any atom is -0.488 e. The van der Waals surface area contributed by atoms with Crippen molar-refractivity contribution in [2.24, 2.45) is 0 Å². The molecule has 0 bridgehead atoms. The van der Waals surface area contributed by atoms with Gasteiger partial charge in [0.25, 0.3) is 10.9 Å². The molecule has 52 heavy (non-hydrogen) atoms. The molecule has 0 spiro atoms. The van der Waals surface area contributed by atoms with Gasteiger partial charge in [-0.3, -0.25) is 14.4 Å². The van der Waals surface area contributed by atoms with E-state index in [-0.39, 0.29) is 44.4 Å². The quantitative estimate of drug-likeness (QED) is 0.0489. The van der Waals surface area contributed by atoms with Crippen molar-refractivity contribution in [3.63, 3.8) is 0 Å². The lowest BCUT2D eigenvalue weighted by Gasteiger charge is -2.48. The predicted molar refractivity (Wildman–Crippen MR) is 168 cm³/mol. The van der Waals surface area contributed by atoms with Crippen molar-refractivity contribution >= 4 is 11.6 Å². The van der Waals surface area contributed by atoms with Crippen molar-refractivity contribution in [1.82, 2.24) is 5.32 Å². The fraction of sp³-hybridized carbons (Fsp3) is 0.833. The molecular weight excluding hydrogens is 708 g/mol. The second-order valence-electron chi connectivity index (χ2n) is 12.3. The van der Waals surface area contributed by atoms with Gasteiger partial charge in [0, 0.05) is 13.5 Å². The van der Waals surface area contributed by atoms with E-state index in [0.717, 1.165) is 6.92 Å². The molecule has 0 aromatic heterocycles. The van der Waals surface area contributed by atoms with Crippen LogP contribution in [0.5, 0.6) is 5.75 Å². The van der Waals surface area contributed by atoms with E-state index in [1.54, 1.807) is 6.92 Å². The molecule has 0 saturated carbocycles. The van der Waals surface area contributed by atoms with E-state index in [1.807, 2.05) is 0 Å². The molecule has 3 aliphatic rings. The zero-order valence-electron chi connectivity index (χ0n) is 28.3. The Morgan fingerprint density at radius 2 is 1.29 bits per heavy atom. The zero-order valence-corrected chi connectivity index (χ0v) is 28.3. The summed E-state index contributed by atoms with van der Waals surface area (Å²) >= 11 is 0. The lowest BCUT2D eigenvalue weighted by molar-refractivity contribution is -0.376. The summed E-state index contributed by atoms with van der Waals surface area (Å²) in [7, 11) is 0. The molecule has 1 aromatic rings. The Kier molecular flexibility index (Phi) is 15.6. The zero-order chi connectivity index (χ0) is 38.3. The first-order valence-corrected chi connectivity index (χ1v) is 16.6. The third-order valence-electron chi connectivity index (χ3n) is 8.69. The largest absolute Gasteiger partial charge is 0.488 e. The van der Waals surface area contributed by atoms with Gasteiger partial charge in [-0.2, -0.15) is 0 Å². The summed E-state index contributed by atoms with van der Waals surface area (Å²) in [5, 5.41) is 98.7. The van der Waals surface area contributed by atoms with Crippen LogP contribution in [-0.2, 0) is 38.0 Å². The minimum atomic E-state index is -1.96. The van der Waals surface area contributed by atoms with Gasteiger partial charge in [-0.15, -0.1) is 0 Å². The Bertz CT molecular complexity index is 1340. The summed E-state index contributed by atoms with van der Waals surface area (Å²) in [5.41, 5.74) is -1.34. The summed E-state index contributed by atoms with van der Waals surface area (Å²) in [5.74, 6) is -0.648. The third kappa shape index (κ3) is 9.41. The van der Waals surface area contributed by atoms with E-state index >= 15 is 0 Å². The average Bonchev–Trinajstić information content (AvgIpc) is 3.13. The van der Waals surface area contributed by atoms with E-state index in [0.29, 0.717) is 0 Å². The predicted octanol–water partition coefficient (Wildman–Crippen LogP) is -7.28. The number of aliphatic hydroxyl groups is 9. The van der Waals surface area contributed by atoms with Crippen LogP contribution in [0.25, 0.3) is 0 Å². The molecule has 1 aromatic carbocycles. The molecule has 298 valence electrons. The molecule has 3 fully saturated rings. The van der Waals surface area contributed by atoms with Crippen LogP contribution in [0, 0.1) is 0 Å². The summed E-state index contributed by atoms with van der Waals surface area (Å²) in [6.07, 6.45) is -23.5. The first-order valence-electron chi connectivity index (χ1n) is 16.6. The second-order valence-corrected chi connectivity index (χ2v) is 12.3. The highest BCUT2D eigenvalue weighted by Crippen LogP contribution is 2.33. The van der Waals surface area contributed by atoms with Crippen molar-refractivity contribution in [1.29, 1.82) is 0 Å². The van der Waals surface area contributed by atoms with Crippen molar-refractivity contribution in [3.05, 3.63) is 20.4 Å². The SMILES string of the molecule is CCOc1c(NCCOCCO[C@@H]2O[C@H](CO)[C@@H](O[C@@H]3O[C@H](CO)[C@H](O)[C@H](O[C@H]4O[C@H](CO)[C@H](O)[C@H](O)[C@H]4O)[C@H]3O)[C@H](O)[C@H]2NC(C)=O)c(=O)c1=O. The van der Waals surface area contributed by atoms with Gasteiger partial charge in [0.2, 0.25) is 5.91 Å². The number of ether oxygens (including phenoxy) is 8. The molecule has 3 heterocycles. The van der Waals surface area contributed by atoms with Crippen LogP contribution in [0.1, 0.15) is 13.8 Å². The van der Waals surface area contributed by atoms with Crippen LogP contribution in [-0.4, -0.2) is 197 Å². The van der Waals surface area contributed by atoms with Gasteiger partial charge in [0.05, 0.1) is 46.2 Å². The van der Waals surface area contributed by atoms with Crippen LogP contribution in [0.4, 0.5) is 5.69 Å². The monoisotopic (exact) mass is 756 g/mol. The maximum atomic E-state index is 12.1. The molecule has 1 amide bonds. The molecule has 11 N–H and O–H groups in total. The van der Waals surface area contributed by atoms with Crippen molar-refractivity contribution < 1.29 is 88.6 Å². The van der Waals surface area contributed by atoms with Crippen molar-refractivity contribution in [2.45, 2.75) is 106 Å². The highest BCUT2D eigenvalue weighted by Gasteiger charge is 2.54. The van der Waals surface area contributed by atoms with E-state index in [9.17, 15) is 60.3 Å². The number of carbonyl (C=O) groups is 1. The maximum Gasteiger partial charge on any atom is 0.272 e. The molecule has 3 aliphatic heterocycles. The molecule has 22 nitrogen and oxygen atoms in total. The Morgan fingerprint density at radius 3 is 1.90 bits per heavy atom. The number of rotatable bonds is 18. The van der Waals surface area contributed by atoms with Crippen LogP contribution in [0.15, 0.2) is 9.59 Å². The first-order chi connectivity index (χ1) is 24.8. The van der Waals surface area contributed by atoms with E-state index in [4.69, 9.17) is 37.9 Å². The van der Waals surface area contributed by atoms with Crippen LogP contribution < -0.4 is 26.2 Å². The Hall–Kier alpha value is -2.49. The summed E-state index contributed by atoms with van der Waals surface area (Å²) in [6, 6.07) is -1.32. The van der Waals surface area contributed by atoms with Crippen LogP contribution in [0.2, 0.25) is 0 Å². The Balaban J connectivity index is 1.37.